The summed E-state index contributed by atoms with van der Waals surface area (Å²) in [7, 11) is 0. The molecule has 1 saturated heterocycles. The fourth-order valence-electron chi connectivity index (χ4n) is 3.13. The summed E-state index contributed by atoms with van der Waals surface area (Å²) in [6, 6.07) is 7.80. The first-order valence-electron chi connectivity index (χ1n) is 8.67. The first-order chi connectivity index (χ1) is 11.6. The number of guanidine groups is 1. The van der Waals surface area contributed by atoms with Crippen molar-refractivity contribution in [3.8, 4) is 0 Å². The molecule has 2 aliphatic heterocycles. The molecule has 0 bridgehead atoms. The highest BCUT2D eigenvalue weighted by molar-refractivity contribution is 14.0. The Labute approximate surface area is 166 Å². The number of carbonyl (C=O) groups is 1. The molecule has 1 fully saturated rings. The number of nitrogens with one attached hydrogen (secondary N) is 2. The number of nitrogens with zero attached hydrogens (tertiary/aromatic N) is 2. The van der Waals surface area contributed by atoms with Crippen LogP contribution in [0.25, 0.3) is 0 Å². The largest absolute Gasteiger partial charge is 0.372 e. The molecule has 0 spiro atoms. The Morgan fingerprint density at radius 3 is 2.56 bits per heavy atom. The second-order valence-corrected chi connectivity index (χ2v) is 6.53. The van der Waals surface area contributed by atoms with Gasteiger partial charge in [0.1, 0.15) is 0 Å². The van der Waals surface area contributed by atoms with Crippen LogP contribution in [0.2, 0.25) is 0 Å². The highest BCUT2D eigenvalue weighted by Crippen LogP contribution is 2.15. The van der Waals surface area contributed by atoms with E-state index in [4.69, 9.17) is 4.74 Å². The third-order valence-electron chi connectivity index (χ3n) is 4.26. The summed E-state index contributed by atoms with van der Waals surface area (Å²) < 4.78 is 5.69. The van der Waals surface area contributed by atoms with Crippen molar-refractivity contribution in [3.05, 3.63) is 35.4 Å². The summed E-state index contributed by atoms with van der Waals surface area (Å²) in [5.74, 6) is 0.938. The zero-order chi connectivity index (χ0) is 16.9. The molecule has 0 aromatic heterocycles. The van der Waals surface area contributed by atoms with Gasteiger partial charge in [-0.05, 0) is 38.0 Å². The molecule has 2 aliphatic rings. The molecule has 0 radical (unpaired) electrons. The lowest BCUT2D eigenvalue weighted by Crippen LogP contribution is -2.48. The SMILES string of the molecule is CC1CN(C(=O)c2ccc(CNC3=NCCCN3)cc2)CC(C)O1.I. The van der Waals surface area contributed by atoms with E-state index in [2.05, 4.69) is 15.6 Å². The van der Waals surface area contributed by atoms with Crippen molar-refractivity contribution in [2.24, 2.45) is 4.99 Å². The van der Waals surface area contributed by atoms with Crippen LogP contribution in [0.1, 0.15) is 36.2 Å². The number of aliphatic imine (C=N–C) groups is 1. The van der Waals surface area contributed by atoms with Gasteiger partial charge in [0.05, 0.1) is 12.2 Å². The van der Waals surface area contributed by atoms with E-state index in [9.17, 15) is 4.79 Å². The summed E-state index contributed by atoms with van der Waals surface area (Å²) >= 11 is 0. The number of benzene rings is 1. The van der Waals surface area contributed by atoms with Gasteiger partial charge >= 0.3 is 0 Å². The number of hydrogen-bond acceptors (Lipinski definition) is 5. The standard InChI is InChI=1S/C18H26N4O2.HI/c1-13-11-22(12-14(2)24-13)17(23)16-6-4-15(5-7-16)10-21-18-19-8-3-9-20-18;/h4-7,13-14H,3,8-12H2,1-2H3,(H2,19,20,21);1H. The maximum absolute atomic E-state index is 12.6. The average Bonchev–Trinajstić information content (AvgIpc) is 2.60. The van der Waals surface area contributed by atoms with Gasteiger partial charge in [0.2, 0.25) is 0 Å². The number of morpholine rings is 1. The third kappa shape index (κ3) is 5.57. The third-order valence-corrected chi connectivity index (χ3v) is 4.26. The van der Waals surface area contributed by atoms with E-state index in [0.29, 0.717) is 19.6 Å². The zero-order valence-corrected chi connectivity index (χ0v) is 17.2. The van der Waals surface area contributed by atoms with E-state index in [-0.39, 0.29) is 42.1 Å². The summed E-state index contributed by atoms with van der Waals surface area (Å²) in [5.41, 5.74) is 1.86. The molecule has 3 rings (SSSR count). The highest BCUT2D eigenvalue weighted by atomic mass is 127. The van der Waals surface area contributed by atoms with Crippen molar-refractivity contribution in [1.82, 2.24) is 15.5 Å². The van der Waals surface area contributed by atoms with E-state index in [1.165, 1.54) is 0 Å². The van der Waals surface area contributed by atoms with Crippen molar-refractivity contribution in [2.45, 2.75) is 39.0 Å². The lowest BCUT2D eigenvalue weighted by molar-refractivity contribution is -0.0586. The average molecular weight is 458 g/mol. The summed E-state index contributed by atoms with van der Waals surface area (Å²) in [4.78, 5) is 18.9. The monoisotopic (exact) mass is 458 g/mol. The number of rotatable bonds is 3. The Morgan fingerprint density at radius 1 is 1.28 bits per heavy atom. The molecule has 138 valence electrons. The van der Waals surface area contributed by atoms with Crippen LogP contribution < -0.4 is 10.6 Å². The van der Waals surface area contributed by atoms with Crippen molar-refractivity contribution < 1.29 is 9.53 Å². The molecule has 7 heteroatoms. The van der Waals surface area contributed by atoms with E-state index >= 15 is 0 Å². The van der Waals surface area contributed by atoms with Crippen molar-refractivity contribution in [3.63, 3.8) is 0 Å². The second-order valence-electron chi connectivity index (χ2n) is 6.53. The van der Waals surface area contributed by atoms with Gasteiger partial charge in [0, 0.05) is 38.3 Å². The van der Waals surface area contributed by atoms with Gasteiger partial charge in [-0.1, -0.05) is 12.1 Å². The predicted molar refractivity (Wildman–Crippen MR) is 110 cm³/mol. The quantitative estimate of drug-likeness (QED) is 0.681. The number of ether oxygens (including phenoxy) is 1. The van der Waals surface area contributed by atoms with Crippen LogP contribution >= 0.6 is 24.0 Å². The van der Waals surface area contributed by atoms with Crippen LogP contribution in [-0.2, 0) is 11.3 Å². The Morgan fingerprint density at radius 2 is 1.96 bits per heavy atom. The van der Waals surface area contributed by atoms with Gasteiger partial charge in [-0.2, -0.15) is 0 Å². The van der Waals surface area contributed by atoms with Gasteiger partial charge in [0.25, 0.3) is 5.91 Å². The van der Waals surface area contributed by atoms with Crippen molar-refractivity contribution in [2.75, 3.05) is 26.2 Å². The molecule has 1 amide bonds. The van der Waals surface area contributed by atoms with Gasteiger partial charge in [-0.25, -0.2) is 0 Å². The maximum atomic E-state index is 12.6. The molecule has 6 nitrogen and oxygen atoms in total. The van der Waals surface area contributed by atoms with Gasteiger partial charge in [0.15, 0.2) is 5.96 Å². The molecule has 25 heavy (non-hydrogen) atoms. The second kappa shape index (κ2) is 9.38. The van der Waals surface area contributed by atoms with E-state index < -0.39 is 0 Å². The molecule has 0 aliphatic carbocycles. The first kappa shape index (κ1) is 20.0. The van der Waals surface area contributed by atoms with Crippen LogP contribution in [0.15, 0.2) is 29.3 Å². The van der Waals surface area contributed by atoms with Gasteiger partial charge in [-0.15, -0.1) is 24.0 Å². The molecule has 2 heterocycles. The summed E-state index contributed by atoms with van der Waals surface area (Å²) in [6.45, 7) is 7.86. The molecule has 1 aromatic rings. The molecular formula is C18H27IN4O2. The zero-order valence-electron chi connectivity index (χ0n) is 14.8. The number of carbonyl (C=O) groups excluding carboxylic acids is 1. The Hall–Kier alpha value is -1.35. The van der Waals surface area contributed by atoms with Crippen LogP contribution in [0, 0.1) is 0 Å². The molecule has 1 aromatic carbocycles. The minimum atomic E-state index is 0. The fraction of sp³-hybridized carbons (Fsp3) is 0.556. The predicted octanol–water partition coefficient (Wildman–Crippen LogP) is 1.99. The van der Waals surface area contributed by atoms with Crippen LogP contribution in [0.5, 0.6) is 0 Å². The van der Waals surface area contributed by atoms with E-state index in [0.717, 1.165) is 36.6 Å². The van der Waals surface area contributed by atoms with Crippen molar-refractivity contribution >= 4 is 35.8 Å². The molecule has 2 atom stereocenters. The summed E-state index contributed by atoms with van der Waals surface area (Å²) in [6.07, 6.45) is 1.26. The Kier molecular flexibility index (Phi) is 7.49. The molecule has 2 unspecified atom stereocenters. The Balaban J connectivity index is 0.00000225. The fourth-order valence-corrected chi connectivity index (χ4v) is 3.13. The van der Waals surface area contributed by atoms with Crippen molar-refractivity contribution in [1.29, 1.82) is 0 Å². The Bertz CT molecular complexity index is 596. The molecule has 2 N–H and O–H groups in total. The minimum Gasteiger partial charge on any atom is -0.372 e. The highest BCUT2D eigenvalue weighted by Gasteiger charge is 2.26. The smallest absolute Gasteiger partial charge is 0.254 e. The normalized spacial score (nSPS) is 23.1. The van der Waals surface area contributed by atoms with Gasteiger partial charge < -0.3 is 20.3 Å². The lowest BCUT2D eigenvalue weighted by atomic mass is 10.1. The van der Waals surface area contributed by atoms with E-state index in [1.807, 2.05) is 43.0 Å². The molecule has 0 saturated carbocycles. The number of hydrogen-bond donors (Lipinski definition) is 2. The van der Waals surface area contributed by atoms with E-state index in [1.54, 1.807) is 0 Å². The van der Waals surface area contributed by atoms with Gasteiger partial charge in [-0.3, -0.25) is 9.79 Å². The number of halogens is 1. The molecular weight excluding hydrogens is 431 g/mol. The lowest BCUT2D eigenvalue weighted by Gasteiger charge is -2.35. The first-order valence-corrected chi connectivity index (χ1v) is 8.67. The number of amides is 1. The maximum Gasteiger partial charge on any atom is 0.254 e. The minimum absolute atomic E-state index is 0. The van der Waals surface area contributed by atoms with Crippen LogP contribution in [0.3, 0.4) is 0 Å². The topological polar surface area (TPSA) is 66.0 Å². The summed E-state index contributed by atoms with van der Waals surface area (Å²) in [5, 5.41) is 6.52. The van der Waals surface area contributed by atoms with Crippen LogP contribution in [0.4, 0.5) is 0 Å². The van der Waals surface area contributed by atoms with Crippen LogP contribution in [-0.4, -0.2) is 55.2 Å².